The minimum atomic E-state index is -0.302. The lowest BCUT2D eigenvalue weighted by Crippen LogP contribution is -2.45. The van der Waals surface area contributed by atoms with E-state index in [0.717, 1.165) is 44.3 Å². The fourth-order valence-corrected chi connectivity index (χ4v) is 4.46. The molecule has 4 rings (SSSR count). The van der Waals surface area contributed by atoms with E-state index in [-0.39, 0.29) is 23.7 Å². The maximum absolute atomic E-state index is 13.0. The van der Waals surface area contributed by atoms with Crippen molar-refractivity contribution >= 4 is 11.8 Å². The average Bonchev–Trinajstić information content (AvgIpc) is 3.03. The first kappa shape index (κ1) is 19.8. The zero-order valence-corrected chi connectivity index (χ0v) is 16.6. The first-order chi connectivity index (χ1) is 14.1. The summed E-state index contributed by atoms with van der Waals surface area (Å²) in [4.78, 5) is 28.9. The lowest BCUT2D eigenvalue weighted by Gasteiger charge is -2.34. The van der Waals surface area contributed by atoms with Crippen LogP contribution in [0.15, 0.2) is 54.6 Å². The Labute approximate surface area is 171 Å². The van der Waals surface area contributed by atoms with Crippen molar-refractivity contribution in [3.05, 3.63) is 71.5 Å². The lowest BCUT2D eigenvalue weighted by atomic mass is 9.90. The molecule has 2 aromatic rings. The predicted octanol–water partition coefficient (Wildman–Crippen LogP) is 3.80. The van der Waals surface area contributed by atoms with Crippen molar-refractivity contribution in [3.8, 4) is 0 Å². The molecule has 152 valence electrons. The number of nitrogens with zero attached hydrogens (tertiary/aromatic N) is 2. The highest BCUT2D eigenvalue weighted by atomic mass is 19.1. The van der Waals surface area contributed by atoms with E-state index in [1.165, 1.54) is 22.6 Å². The van der Waals surface area contributed by atoms with Crippen LogP contribution in [-0.2, 0) is 22.6 Å². The van der Waals surface area contributed by atoms with Gasteiger partial charge < -0.3 is 0 Å². The number of halogens is 1. The molecule has 2 heterocycles. The molecule has 2 saturated heterocycles. The van der Waals surface area contributed by atoms with Gasteiger partial charge in [-0.3, -0.25) is 19.4 Å². The van der Waals surface area contributed by atoms with Crippen molar-refractivity contribution in [1.82, 2.24) is 9.80 Å². The van der Waals surface area contributed by atoms with Gasteiger partial charge in [-0.25, -0.2) is 4.39 Å². The summed E-state index contributed by atoms with van der Waals surface area (Å²) in [6, 6.07) is 16.1. The van der Waals surface area contributed by atoms with E-state index in [1.807, 2.05) is 42.5 Å². The largest absolute Gasteiger partial charge is 0.292 e. The van der Waals surface area contributed by atoms with Crippen molar-refractivity contribution in [3.63, 3.8) is 0 Å². The summed E-state index contributed by atoms with van der Waals surface area (Å²) in [6.45, 7) is 2.08. The minimum absolute atomic E-state index is 0.0522. The summed E-state index contributed by atoms with van der Waals surface area (Å²) in [5, 5.41) is 0. The molecule has 0 N–H and O–H groups in total. The standard InChI is InChI=1S/C24H27FN2O2/c25-21-10-8-18(9-11-21)6-7-19-12-14-26(15-13-19)22-16-23(28)27(24(22)29)17-20-4-2-1-3-5-20/h1-5,8-11,19,22H,6-7,12-17H2/t22-/m1/s1. The van der Waals surface area contributed by atoms with Crippen molar-refractivity contribution in [2.75, 3.05) is 13.1 Å². The van der Waals surface area contributed by atoms with Gasteiger partial charge in [-0.2, -0.15) is 0 Å². The van der Waals surface area contributed by atoms with Crippen molar-refractivity contribution in [2.24, 2.45) is 5.92 Å². The van der Waals surface area contributed by atoms with Crippen LogP contribution in [0.5, 0.6) is 0 Å². The summed E-state index contributed by atoms with van der Waals surface area (Å²) in [6.07, 6.45) is 4.41. The Morgan fingerprint density at radius 2 is 1.59 bits per heavy atom. The third kappa shape index (κ3) is 4.73. The second-order valence-corrected chi connectivity index (χ2v) is 8.17. The number of benzene rings is 2. The van der Waals surface area contributed by atoms with Crippen LogP contribution in [0, 0.1) is 11.7 Å². The number of rotatable bonds is 6. The van der Waals surface area contributed by atoms with Crippen LogP contribution < -0.4 is 0 Å². The smallest absolute Gasteiger partial charge is 0.247 e. The first-order valence-electron chi connectivity index (χ1n) is 10.5. The molecule has 2 fully saturated rings. The zero-order chi connectivity index (χ0) is 20.2. The Kier molecular flexibility index (Phi) is 6.05. The second kappa shape index (κ2) is 8.87. The van der Waals surface area contributed by atoms with Crippen LogP contribution in [-0.4, -0.2) is 40.7 Å². The Balaban J connectivity index is 1.27. The van der Waals surface area contributed by atoms with Crippen molar-refractivity contribution in [2.45, 2.75) is 44.7 Å². The van der Waals surface area contributed by atoms with Gasteiger partial charge in [-0.15, -0.1) is 0 Å². The van der Waals surface area contributed by atoms with Gasteiger partial charge >= 0.3 is 0 Å². The molecule has 1 atom stereocenters. The highest BCUT2D eigenvalue weighted by molar-refractivity contribution is 6.05. The van der Waals surface area contributed by atoms with Crippen LogP contribution in [0.4, 0.5) is 4.39 Å². The Morgan fingerprint density at radius 3 is 2.28 bits per heavy atom. The van der Waals surface area contributed by atoms with Crippen LogP contribution in [0.2, 0.25) is 0 Å². The molecule has 0 bridgehead atoms. The van der Waals surface area contributed by atoms with Crippen LogP contribution in [0.1, 0.15) is 36.8 Å². The molecule has 4 nitrogen and oxygen atoms in total. The fraction of sp³-hybridized carbons (Fsp3) is 0.417. The Bertz CT molecular complexity index is 845. The normalized spacial score (nSPS) is 21.1. The minimum Gasteiger partial charge on any atom is -0.292 e. The third-order valence-corrected chi connectivity index (χ3v) is 6.25. The SMILES string of the molecule is O=C1C[C@@H](N2CCC(CCc3ccc(F)cc3)CC2)C(=O)N1Cc1ccccc1. The number of likely N-dealkylation sites (tertiary alicyclic amines) is 2. The molecule has 0 aromatic heterocycles. The molecule has 2 aliphatic rings. The van der Waals surface area contributed by atoms with E-state index in [0.29, 0.717) is 18.9 Å². The summed E-state index contributed by atoms with van der Waals surface area (Å²) in [7, 11) is 0. The molecule has 2 aliphatic heterocycles. The van der Waals surface area contributed by atoms with Gasteiger partial charge in [0.1, 0.15) is 5.82 Å². The monoisotopic (exact) mass is 394 g/mol. The van der Waals surface area contributed by atoms with Gasteiger partial charge in [-0.1, -0.05) is 42.5 Å². The summed E-state index contributed by atoms with van der Waals surface area (Å²) >= 11 is 0. The van der Waals surface area contributed by atoms with Gasteiger partial charge in [0.25, 0.3) is 0 Å². The summed E-state index contributed by atoms with van der Waals surface area (Å²) in [5.41, 5.74) is 2.15. The molecule has 0 spiro atoms. The molecule has 2 aromatic carbocycles. The number of carbonyl (C=O) groups excluding carboxylic acids is 2. The van der Waals surface area contributed by atoms with Crippen molar-refractivity contribution < 1.29 is 14.0 Å². The van der Waals surface area contributed by atoms with Gasteiger partial charge in [-0.05, 0) is 68.0 Å². The maximum Gasteiger partial charge on any atom is 0.247 e. The number of piperidine rings is 1. The summed E-state index contributed by atoms with van der Waals surface area (Å²) in [5.74, 6) is 0.300. The Hall–Kier alpha value is -2.53. The number of hydrogen-bond donors (Lipinski definition) is 0. The van der Waals surface area contributed by atoms with Gasteiger partial charge in [0.15, 0.2) is 0 Å². The number of carbonyl (C=O) groups is 2. The van der Waals surface area contributed by atoms with Crippen LogP contribution in [0.3, 0.4) is 0 Å². The fourth-order valence-electron chi connectivity index (χ4n) is 4.46. The van der Waals surface area contributed by atoms with Crippen LogP contribution in [0.25, 0.3) is 0 Å². The highest BCUT2D eigenvalue weighted by Crippen LogP contribution is 2.28. The number of amides is 2. The van der Waals surface area contributed by atoms with Crippen molar-refractivity contribution in [1.29, 1.82) is 0 Å². The molecule has 0 radical (unpaired) electrons. The number of aryl methyl sites for hydroxylation is 1. The molecule has 2 amide bonds. The van der Waals surface area contributed by atoms with E-state index in [4.69, 9.17) is 0 Å². The molecule has 29 heavy (non-hydrogen) atoms. The number of imide groups is 1. The molecule has 0 aliphatic carbocycles. The molecular weight excluding hydrogens is 367 g/mol. The van der Waals surface area contributed by atoms with Gasteiger partial charge in [0.2, 0.25) is 11.8 Å². The summed E-state index contributed by atoms with van der Waals surface area (Å²) < 4.78 is 13.0. The van der Waals surface area contributed by atoms with Gasteiger partial charge in [0.05, 0.1) is 19.0 Å². The van der Waals surface area contributed by atoms with E-state index >= 15 is 0 Å². The second-order valence-electron chi connectivity index (χ2n) is 8.17. The Morgan fingerprint density at radius 1 is 0.897 bits per heavy atom. The van der Waals surface area contributed by atoms with E-state index < -0.39 is 0 Å². The van der Waals surface area contributed by atoms with E-state index in [9.17, 15) is 14.0 Å². The van der Waals surface area contributed by atoms with E-state index in [1.54, 1.807) is 0 Å². The van der Waals surface area contributed by atoms with Crippen LogP contribution >= 0.6 is 0 Å². The lowest BCUT2D eigenvalue weighted by molar-refractivity contribution is -0.140. The molecule has 5 heteroatoms. The molecule has 0 saturated carbocycles. The molecule has 0 unspecified atom stereocenters. The van der Waals surface area contributed by atoms with E-state index in [2.05, 4.69) is 4.90 Å². The average molecular weight is 394 g/mol. The van der Waals surface area contributed by atoms with Gasteiger partial charge in [0, 0.05) is 0 Å². The zero-order valence-electron chi connectivity index (χ0n) is 16.6. The highest BCUT2D eigenvalue weighted by Gasteiger charge is 2.42. The number of hydrogen-bond acceptors (Lipinski definition) is 3. The topological polar surface area (TPSA) is 40.6 Å². The predicted molar refractivity (Wildman–Crippen MR) is 109 cm³/mol. The quantitative estimate of drug-likeness (QED) is 0.700. The third-order valence-electron chi connectivity index (χ3n) is 6.25. The molecular formula is C24H27FN2O2. The maximum atomic E-state index is 13.0. The first-order valence-corrected chi connectivity index (χ1v) is 10.5.